The Morgan fingerprint density at radius 2 is 2.18 bits per heavy atom. The highest BCUT2D eigenvalue weighted by Gasteiger charge is 2.14. The molecular formula is C16H19N3O2S. The van der Waals surface area contributed by atoms with Crippen molar-refractivity contribution >= 4 is 17.0 Å². The van der Waals surface area contributed by atoms with Crippen LogP contribution in [0.3, 0.4) is 0 Å². The average Bonchev–Trinajstić information content (AvgIpc) is 3.19. The SMILES string of the molecule is O=[N+]([O-])c1cccc(-c2csc(CCNC3CCCC3)n2)c1. The lowest BCUT2D eigenvalue weighted by Gasteiger charge is -2.10. The first kappa shape index (κ1) is 15.1. The van der Waals surface area contributed by atoms with Crippen LogP contribution in [0.25, 0.3) is 11.3 Å². The molecule has 3 rings (SSSR count). The maximum absolute atomic E-state index is 10.8. The molecule has 0 saturated heterocycles. The van der Waals surface area contributed by atoms with E-state index >= 15 is 0 Å². The summed E-state index contributed by atoms with van der Waals surface area (Å²) in [6.07, 6.45) is 6.17. The number of nitro groups is 1. The summed E-state index contributed by atoms with van der Waals surface area (Å²) in [6.45, 7) is 0.951. The molecule has 6 heteroatoms. The van der Waals surface area contributed by atoms with Crippen molar-refractivity contribution in [2.24, 2.45) is 0 Å². The maximum Gasteiger partial charge on any atom is 0.270 e. The third-order valence-electron chi connectivity index (χ3n) is 4.03. The largest absolute Gasteiger partial charge is 0.314 e. The molecule has 0 spiro atoms. The number of thiazole rings is 1. The number of hydrogen-bond donors (Lipinski definition) is 1. The van der Waals surface area contributed by atoms with E-state index in [9.17, 15) is 10.1 Å². The second kappa shape index (κ2) is 6.98. The van der Waals surface area contributed by atoms with Gasteiger partial charge in [0.1, 0.15) is 0 Å². The summed E-state index contributed by atoms with van der Waals surface area (Å²) in [7, 11) is 0. The van der Waals surface area contributed by atoms with Gasteiger partial charge < -0.3 is 5.32 Å². The van der Waals surface area contributed by atoms with Gasteiger partial charge in [0.15, 0.2) is 0 Å². The standard InChI is InChI=1S/C16H19N3O2S/c20-19(21)14-7-3-4-12(10-14)15-11-22-16(18-15)8-9-17-13-5-1-2-6-13/h3-4,7,10-11,13,17H,1-2,5-6,8-9H2. The average molecular weight is 317 g/mol. The molecule has 1 heterocycles. The highest BCUT2D eigenvalue weighted by Crippen LogP contribution is 2.25. The van der Waals surface area contributed by atoms with Crippen LogP contribution in [0.1, 0.15) is 30.7 Å². The fourth-order valence-corrected chi connectivity index (χ4v) is 3.66. The zero-order chi connectivity index (χ0) is 15.4. The number of nitrogens with one attached hydrogen (secondary N) is 1. The number of nitrogens with zero attached hydrogens (tertiary/aromatic N) is 2. The summed E-state index contributed by atoms with van der Waals surface area (Å²) in [4.78, 5) is 15.1. The number of hydrogen-bond acceptors (Lipinski definition) is 5. The van der Waals surface area contributed by atoms with Crippen molar-refractivity contribution in [1.82, 2.24) is 10.3 Å². The van der Waals surface area contributed by atoms with E-state index in [1.165, 1.54) is 31.7 Å². The number of non-ortho nitro benzene ring substituents is 1. The molecule has 1 saturated carbocycles. The van der Waals surface area contributed by atoms with Crippen molar-refractivity contribution < 1.29 is 4.92 Å². The van der Waals surface area contributed by atoms with E-state index in [0.717, 1.165) is 29.2 Å². The van der Waals surface area contributed by atoms with Gasteiger partial charge in [-0.15, -0.1) is 11.3 Å². The predicted molar refractivity (Wildman–Crippen MR) is 88.2 cm³/mol. The van der Waals surface area contributed by atoms with Gasteiger partial charge in [-0.05, 0) is 12.8 Å². The maximum atomic E-state index is 10.8. The van der Waals surface area contributed by atoms with Crippen LogP contribution in [-0.2, 0) is 6.42 Å². The Kier molecular flexibility index (Phi) is 4.80. The summed E-state index contributed by atoms with van der Waals surface area (Å²) in [5.41, 5.74) is 1.74. The van der Waals surface area contributed by atoms with E-state index in [1.54, 1.807) is 23.5 Å². The monoisotopic (exact) mass is 317 g/mol. The Morgan fingerprint density at radius 1 is 1.36 bits per heavy atom. The molecular weight excluding hydrogens is 298 g/mol. The van der Waals surface area contributed by atoms with Gasteiger partial charge in [-0.2, -0.15) is 0 Å². The first-order valence-corrected chi connectivity index (χ1v) is 8.53. The van der Waals surface area contributed by atoms with Crippen LogP contribution in [0.4, 0.5) is 5.69 Å². The lowest BCUT2D eigenvalue weighted by Crippen LogP contribution is -2.27. The summed E-state index contributed by atoms with van der Waals surface area (Å²) in [5, 5.41) is 17.5. The Labute approximate surface area is 133 Å². The molecule has 0 radical (unpaired) electrons. The van der Waals surface area contributed by atoms with Gasteiger partial charge in [-0.1, -0.05) is 25.0 Å². The first-order chi connectivity index (χ1) is 10.7. The third-order valence-corrected chi connectivity index (χ3v) is 4.94. The van der Waals surface area contributed by atoms with Gasteiger partial charge in [0, 0.05) is 42.1 Å². The molecule has 22 heavy (non-hydrogen) atoms. The van der Waals surface area contributed by atoms with E-state index in [4.69, 9.17) is 0 Å². The Bertz CT molecular complexity index is 650. The fourth-order valence-electron chi connectivity index (χ4n) is 2.85. The molecule has 0 atom stereocenters. The van der Waals surface area contributed by atoms with Gasteiger partial charge in [-0.25, -0.2) is 4.98 Å². The Morgan fingerprint density at radius 3 is 2.95 bits per heavy atom. The van der Waals surface area contributed by atoms with Gasteiger partial charge in [0.05, 0.1) is 15.6 Å². The molecule has 1 aliphatic rings. The van der Waals surface area contributed by atoms with E-state index in [2.05, 4.69) is 10.3 Å². The minimum Gasteiger partial charge on any atom is -0.314 e. The van der Waals surface area contributed by atoms with Crippen molar-refractivity contribution in [3.8, 4) is 11.3 Å². The summed E-state index contributed by atoms with van der Waals surface area (Å²) in [5.74, 6) is 0. The van der Waals surface area contributed by atoms with Gasteiger partial charge >= 0.3 is 0 Å². The number of rotatable bonds is 6. The highest BCUT2D eigenvalue weighted by molar-refractivity contribution is 7.09. The van der Waals surface area contributed by atoms with Gasteiger partial charge in [0.2, 0.25) is 0 Å². The number of nitro benzene ring substituents is 1. The topological polar surface area (TPSA) is 68.1 Å². The van der Waals surface area contributed by atoms with Crippen molar-refractivity contribution in [3.63, 3.8) is 0 Å². The Hall–Kier alpha value is -1.79. The normalized spacial score (nSPS) is 15.3. The van der Waals surface area contributed by atoms with Crippen LogP contribution in [0.2, 0.25) is 0 Å². The minimum absolute atomic E-state index is 0.106. The van der Waals surface area contributed by atoms with Crippen molar-refractivity contribution in [3.05, 3.63) is 44.8 Å². The number of aromatic nitrogens is 1. The molecule has 2 aromatic rings. The molecule has 1 aromatic heterocycles. The fraction of sp³-hybridized carbons (Fsp3) is 0.438. The zero-order valence-corrected chi connectivity index (χ0v) is 13.1. The van der Waals surface area contributed by atoms with Crippen LogP contribution in [0.5, 0.6) is 0 Å². The lowest BCUT2D eigenvalue weighted by atomic mass is 10.1. The van der Waals surface area contributed by atoms with Crippen LogP contribution < -0.4 is 5.32 Å². The molecule has 0 amide bonds. The molecule has 1 N–H and O–H groups in total. The molecule has 1 aromatic carbocycles. The predicted octanol–water partition coefficient (Wildman–Crippen LogP) is 3.79. The smallest absolute Gasteiger partial charge is 0.270 e. The van der Waals surface area contributed by atoms with Crippen molar-refractivity contribution in [1.29, 1.82) is 0 Å². The molecule has 0 unspecified atom stereocenters. The molecule has 0 bridgehead atoms. The molecule has 1 aliphatic carbocycles. The van der Waals surface area contributed by atoms with Crippen LogP contribution >= 0.6 is 11.3 Å². The molecule has 0 aliphatic heterocycles. The quantitative estimate of drug-likeness (QED) is 0.650. The minimum atomic E-state index is -0.373. The summed E-state index contributed by atoms with van der Waals surface area (Å²) < 4.78 is 0. The van der Waals surface area contributed by atoms with Crippen LogP contribution in [0, 0.1) is 10.1 Å². The second-order valence-corrected chi connectivity index (χ2v) is 6.56. The summed E-state index contributed by atoms with van der Waals surface area (Å²) >= 11 is 1.62. The first-order valence-electron chi connectivity index (χ1n) is 7.65. The third kappa shape index (κ3) is 3.69. The summed E-state index contributed by atoms with van der Waals surface area (Å²) in [6, 6.07) is 7.32. The van der Waals surface area contributed by atoms with E-state index in [1.807, 2.05) is 11.4 Å². The lowest BCUT2D eigenvalue weighted by molar-refractivity contribution is -0.384. The van der Waals surface area contributed by atoms with E-state index in [-0.39, 0.29) is 10.6 Å². The van der Waals surface area contributed by atoms with Gasteiger partial charge in [-0.3, -0.25) is 10.1 Å². The molecule has 5 nitrogen and oxygen atoms in total. The highest BCUT2D eigenvalue weighted by atomic mass is 32.1. The molecule has 1 fully saturated rings. The number of benzene rings is 1. The van der Waals surface area contributed by atoms with Gasteiger partial charge in [0.25, 0.3) is 5.69 Å². The van der Waals surface area contributed by atoms with Crippen LogP contribution in [0.15, 0.2) is 29.6 Å². The van der Waals surface area contributed by atoms with E-state index < -0.39 is 0 Å². The van der Waals surface area contributed by atoms with Crippen LogP contribution in [-0.4, -0.2) is 22.5 Å². The Balaban J connectivity index is 1.60. The van der Waals surface area contributed by atoms with Crippen molar-refractivity contribution in [2.45, 2.75) is 38.1 Å². The molecule has 116 valence electrons. The zero-order valence-electron chi connectivity index (χ0n) is 12.3. The van der Waals surface area contributed by atoms with Crippen molar-refractivity contribution in [2.75, 3.05) is 6.54 Å². The second-order valence-electron chi connectivity index (χ2n) is 5.62. The van der Waals surface area contributed by atoms with E-state index in [0.29, 0.717) is 6.04 Å².